The van der Waals surface area contributed by atoms with Crippen LogP contribution < -0.4 is 5.32 Å². The molecule has 0 unspecified atom stereocenters. The molecule has 0 saturated heterocycles. The molecule has 2 rings (SSSR count). The van der Waals surface area contributed by atoms with Crippen molar-refractivity contribution in [3.63, 3.8) is 0 Å². The molecule has 0 radical (unpaired) electrons. The molecular formula is C14H19FN2O2. The minimum Gasteiger partial charge on any atom is -0.382 e. The van der Waals surface area contributed by atoms with Crippen LogP contribution in [-0.4, -0.2) is 11.0 Å². The lowest BCUT2D eigenvalue weighted by Crippen LogP contribution is -2.20. The Morgan fingerprint density at radius 3 is 2.37 bits per heavy atom. The third kappa shape index (κ3) is 3.91. The Hall–Kier alpha value is -1.65. The second kappa shape index (κ2) is 6.50. The number of rotatable bonds is 3. The van der Waals surface area contributed by atoms with Gasteiger partial charge in [-0.25, -0.2) is 0 Å². The van der Waals surface area contributed by atoms with E-state index in [0.717, 1.165) is 12.8 Å². The SMILES string of the molecule is O=[N+]([O-])c1ccc(NC2CCCCCCC2)cc1F. The van der Waals surface area contributed by atoms with Crippen LogP contribution in [0.1, 0.15) is 44.9 Å². The van der Waals surface area contributed by atoms with E-state index in [0.29, 0.717) is 11.7 Å². The molecule has 5 heteroatoms. The van der Waals surface area contributed by atoms with Crippen LogP contribution in [0.4, 0.5) is 15.8 Å². The first-order chi connectivity index (χ1) is 9.16. The van der Waals surface area contributed by atoms with Gasteiger partial charge >= 0.3 is 5.69 Å². The molecular weight excluding hydrogens is 247 g/mol. The number of hydrogen-bond acceptors (Lipinski definition) is 3. The Bertz CT molecular complexity index is 443. The summed E-state index contributed by atoms with van der Waals surface area (Å²) in [5, 5.41) is 13.8. The summed E-state index contributed by atoms with van der Waals surface area (Å²) < 4.78 is 13.5. The highest BCUT2D eigenvalue weighted by Crippen LogP contribution is 2.24. The number of anilines is 1. The average molecular weight is 266 g/mol. The lowest BCUT2D eigenvalue weighted by Gasteiger charge is -2.22. The third-order valence-electron chi connectivity index (χ3n) is 3.62. The van der Waals surface area contributed by atoms with Gasteiger partial charge in [0.2, 0.25) is 5.82 Å². The molecule has 1 aromatic rings. The number of nitrogens with zero attached hydrogens (tertiary/aromatic N) is 1. The van der Waals surface area contributed by atoms with Gasteiger partial charge in [0.05, 0.1) is 4.92 Å². The predicted molar refractivity (Wildman–Crippen MR) is 72.8 cm³/mol. The summed E-state index contributed by atoms with van der Waals surface area (Å²) in [6.45, 7) is 0. The summed E-state index contributed by atoms with van der Waals surface area (Å²) in [5.41, 5.74) is 0.164. The van der Waals surface area contributed by atoms with Crippen LogP contribution >= 0.6 is 0 Å². The van der Waals surface area contributed by atoms with Crippen molar-refractivity contribution in [3.05, 3.63) is 34.1 Å². The molecule has 1 N–H and O–H groups in total. The number of nitro groups is 1. The number of halogens is 1. The van der Waals surface area contributed by atoms with Crippen LogP contribution in [-0.2, 0) is 0 Å². The fraction of sp³-hybridized carbons (Fsp3) is 0.571. The molecule has 1 aromatic carbocycles. The van der Waals surface area contributed by atoms with Crippen molar-refractivity contribution in [2.45, 2.75) is 51.0 Å². The van der Waals surface area contributed by atoms with Gasteiger partial charge in [-0.2, -0.15) is 4.39 Å². The third-order valence-corrected chi connectivity index (χ3v) is 3.62. The fourth-order valence-corrected chi connectivity index (χ4v) is 2.58. The quantitative estimate of drug-likeness (QED) is 0.657. The number of nitro benzene ring substituents is 1. The molecule has 0 aliphatic heterocycles. The van der Waals surface area contributed by atoms with Crippen LogP contribution in [0, 0.1) is 15.9 Å². The van der Waals surface area contributed by atoms with E-state index in [1.807, 2.05) is 0 Å². The zero-order chi connectivity index (χ0) is 13.7. The Morgan fingerprint density at radius 1 is 1.16 bits per heavy atom. The molecule has 0 heterocycles. The van der Waals surface area contributed by atoms with E-state index < -0.39 is 16.4 Å². The van der Waals surface area contributed by atoms with E-state index in [4.69, 9.17) is 0 Å². The molecule has 104 valence electrons. The molecule has 1 saturated carbocycles. The zero-order valence-electron chi connectivity index (χ0n) is 10.9. The van der Waals surface area contributed by atoms with Crippen LogP contribution in [0.15, 0.2) is 18.2 Å². The summed E-state index contributed by atoms with van der Waals surface area (Å²) >= 11 is 0. The second-order valence-electron chi connectivity index (χ2n) is 5.11. The van der Waals surface area contributed by atoms with Crippen molar-refractivity contribution in [2.24, 2.45) is 0 Å². The minimum atomic E-state index is -0.777. The second-order valence-corrected chi connectivity index (χ2v) is 5.11. The monoisotopic (exact) mass is 266 g/mol. The van der Waals surface area contributed by atoms with E-state index in [9.17, 15) is 14.5 Å². The van der Waals surface area contributed by atoms with E-state index in [-0.39, 0.29) is 0 Å². The molecule has 19 heavy (non-hydrogen) atoms. The first kappa shape index (κ1) is 13.8. The van der Waals surface area contributed by atoms with Crippen molar-refractivity contribution in [1.82, 2.24) is 0 Å². The topological polar surface area (TPSA) is 55.2 Å². The highest BCUT2D eigenvalue weighted by molar-refractivity contribution is 5.50. The maximum absolute atomic E-state index is 13.5. The molecule has 0 amide bonds. The number of nitrogens with one attached hydrogen (secondary N) is 1. The largest absolute Gasteiger partial charge is 0.382 e. The molecule has 1 aliphatic rings. The maximum atomic E-state index is 13.5. The van der Waals surface area contributed by atoms with Gasteiger partial charge in [-0.3, -0.25) is 10.1 Å². The van der Waals surface area contributed by atoms with Crippen LogP contribution in [0.3, 0.4) is 0 Å². The van der Waals surface area contributed by atoms with E-state index in [2.05, 4.69) is 5.32 Å². The minimum absolute atomic E-state index is 0.348. The summed E-state index contributed by atoms with van der Waals surface area (Å²) in [6.07, 6.45) is 8.36. The van der Waals surface area contributed by atoms with Crippen molar-refractivity contribution >= 4 is 11.4 Å². The highest BCUT2D eigenvalue weighted by Gasteiger charge is 2.16. The Balaban J connectivity index is 2.01. The van der Waals surface area contributed by atoms with E-state index in [1.165, 1.54) is 44.2 Å². The first-order valence-electron chi connectivity index (χ1n) is 6.87. The van der Waals surface area contributed by atoms with Gasteiger partial charge in [0.25, 0.3) is 0 Å². The molecule has 0 atom stereocenters. The van der Waals surface area contributed by atoms with Crippen LogP contribution in [0.5, 0.6) is 0 Å². The van der Waals surface area contributed by atoms with Gasteiger partial charge in [0.1, 0.15) is 0 Å². The number of benzene rings is 1. The Morgan fingerprint density at radius 2 is 1.79 bits per heavy atom. The normalized spacial score (nSPS) is 17.5. The molecule has 0 aromatic heterocycles. The fourth-order valence-electron chi connectivity index (χ4n) is 2.58. The van der Waals surface area contributed by atoms with Crippen LogP contribution in [0.2, 0.25) is 0 Å². The lowest BCUT2D eigenvalue weighted by molar-refractivity contribution is -0.387. The molecule has 4 nitrogen and oxygen atoms in total. The average Bonchev–Trinajstić information content (AvgIpc) is 2.32. The number of hydrogen-bond donors (Lipinski definition) is 1. The van der Waals surface area contributed by atoms with Gasteiger partial charge in [-0.1, -0.05) is 32.1 Å². The van der Waals surface area contributed by atoms with Gasteiger partial charge in [-0.15, -0.1) is 0 Å². The van der Waals surface area contributed by atoms with Crippen molar-refractivity contribution in [2.75, 3.05) is 5.32 Å². The zero-order valence-corrected chi connectivity index (χ0v) is 10.9. The molecule has 0 bridgehead atoms. The Labute approximate surface area is 112 Å². The Kier molecular flexibility index (Phi) is 4.71. The van der Waals surface area contributed by atoms with E-state index in [1.54, 1.807) is 6.07 Å². The summed E-state index contributed by atoms with van der Waals surface area (Å²) in [5.74, 6) is -0.777. The molecule has 1 fully saturated rings. The van der Waals surface area contributed by atoms with Crippen LogP contribution in [0.25, 0.3) is 0 Å². The van der Waals surface area contributed by atoms with Crippen molar-refractivity contribution < 1.29 is 9.31 Å². The summed E-state index contributed by atoms with van der Waals surface area (Å²) in [4.78, 5) is 9.85. The van der Waals surface area contributed by atoms with Gasteiger partial charge < -0.3 is 5.32 Å². The highest BCUT2D eigenvalue weighted by atomic mass is 19.1. The summed E-state index contributed by atoms with van der Waals surface area (Å²) in [7, 11) is 0. The standard InChI is InChI=1S/C14H19FN2O2/c15-13-10-12(8-9-14(13)17(18)19)16-11-6-4-2-1-3-5-7-11/h8-11,16H,1-7H2. The van der Waals surface area contributed by atoms with Crippen molar-refractivity contribution in [1.29, 1.82) is 0 Å². The molecule has 1 aliphatic carbocycles. The van der Waals surface area contributed by atoms with Gasteiger partial charge in [0.15, 0.2) is 0 Å². The maximum Gasteiger partial charge on any atom is 0.304 e. The summed E-state index contributed by atoms with van der Waals surface area (Å²) in [6, 6.07) is 4.37. The van der Waals surface area contributed by atoms with Gasteiger partial charge in [-0.05, 0) is 18.9 Å². The van der Waals surface area contributed by atoms with Crippen molar-refractivity contribution in [3.8, 4) is 0 Å². The van der Waals surface area contributed by atoms with E-state index >= 15 is 0 Å². The first-order valence-corrected chi connectivity index (χ1v) is 6.87. The smallest absolute Gasteiger partial charge is 0.304 e. The van der Waals surface area contributed by atoms with Gasteiger partial charge in [0, 0.05) is 23.9 Å². The predicted octanol–water partition coefficient (Wildman–Crippen LogP) is 4.26. The molecule has 0 spiro atoms. The lowest BCUT2D eigenvalue weighted by atomic mass is 9.96.